The smallest absolute Gasteiger partial charge is 0.312 e. The predicted octanol–water partition coefficient (Wildman–Crippen LogP) is 4.57. The fourth-order valence-electron chi connectivity index (χ4n) is 6.81. The molecular weight excluding hydrogens is 588 g/mol. The molecule has 0 aromatic heterocycles. The lowest BCUT2D eigenvalue weighted by Crippen LogP contribution is -2.57. The Balaban J connectivity index is 1.73. The van der Waals surface area contributed by atoms with E-state index in [9.17, 15) is 19.5 Å². The summed E-state index contributed by atoms with van der Waals surface area (Å²) in [5.41, 5.74) is -0.503. The van der Waals surface area contributed by atoms with Gasteiger partial charge in [0.1, 0.15) is 11.6 Å². The van der Waals surface area contributed by atoms with Crippen LogP contribution in [0.5, 0.6) is 0 Å². The Morgan fingerprint density at radius 1 is 1.22 bits per heavy atom. The highest BCUT2D eigenvalue weighted by Crippen LogP contribution is 2.61. The van der Waals surface area contributed by atoms with Gasteiger partial charge in [-0.2, -0.15) is 0 Å². The second-order valence-corrected chi connectivity index (χ2v) is 12.4. The number of allylic oxidation sites excluding steroid dienone is 1. The molecule has 41 heavy (non-hydrogen) atoms. The molecule has 1 N–H and O–H groups in total. The summed E-state index contributed by atoms with van der Waals surface area (Å²) >= 11 is 3.71. The van der Waals surface area contributed by atoms with Gasteiger partial charge < -0.3 is 24.4 Å². The third-order valence-corrected chi connectivity index (χ3v) is 9.51. The quantitative estimate of drug-likeness (QED) is 0.124. The van der Waals surface area contributed by atoms with Crippen molar-refractivity contribution < 1.29 is 29.0 Å². The first-order chi connectivity index (χ1) is 19.9. The lowest BCUT2D eigenvalue weighted by Gasteiger charge is -2.39. The van der Waals surface area contributed by atoms with E-state index in [0.29, 0.717) is 31.5 Å². The molecule has 4 rings (SSSR count). The topological polar surface area (TPSA) is 96.4 Å². The molecule has 1 spiro atoms. The van der Waals surface area contributed by atoms with Gasteiger partial charge in [-0.25, -0.2) is 0 Å². The van der Waals surface area contributed by atoms with Crippen molar-refractivity contribution >= 4 is 33.7 Å². The summed E-state index contributed by atoms with van der Waals surface area (Å²) < 4.78 is 12.3. The van der Waals surface area contributed by atoms with Gasteiger partial charge in [0.15, 0.2) is 0 Å². The average molecular weight is 632 g/mol. The van der Waals surface area contributed by atoms with Gasteiger partial charge in [0.2, 0.25) is 11.8 Å². The number of rotatable bonds is 16. The van der Waals surface area contributed by atoms with Crippen molar-refractivity contribution in [1.82, 2.24) is 9.80 Å². The first kappa shape index (κ1) is 31.4. The summed E-state index contributed by atoms with van der Waals surface area (Å²) in [7, 11) is 0. The van der Waals surface area contributed by atoms with Crippen LogP contribution >= 0.6 is 15.9 Å². The standard InChI is InChI=1S/C32H43BrN2O6/c1-4-7-9-14-19-40-31(39)25-26-29(37)35(24(21-36)22-15-11-10-12-16-22)28(32(26)20-23(33)27(25)41-32)30(38)34(17-6-3)18-13-8-5-2/h4,6,10-12,15-16,23-28,36H,1,3,5,7-9,13-14,17-21H2,2H3/t23?,24-,25-,26+,27-,28?,32?/m1/s1. The molecule has 3 fully saturated rings. The number of carbonyl (C=O) groups excluding carboxylic acids is 3. The van der Waals surface area contributed by atoms with Crippen molar-refractivity contribution in [1.29, 1.82) is 0 Å². The van der Waals surface area contributed by atoms with Crippen LogP contribution in [0, 0.1) is 11.8 Å². The molecule has 0 aliphatic carbocycles. The summed E-state index contributed by atoms with van der Waals surface area (Å²) in [5.74, 6) is -2.80. The average Bonchev–Trinajstić information content (AvgIpc) is 3.57. The van der Waals surface area contributed by atoms with Crippen LogP contribution in [-0.4, -0.2) is 81.6 Å². The number of esters is 1. The van der Waals surface area contributed by atoms with Crippen LogP contribution in [0.3, 0.4) is 0 Å². The third kappa shape index (κ3) is 6.04. The molecule has 0 radical (unpaired) electrons. The van der Waals surface area contributed by atoms with Crippen molar-refractivity contribution in [3.63, 3.8) is 0 Å². The van der Waals surface area contributed by atoms with Gasteiger partial charge in [0.05, 0.1) is 37.2 Å². The van der Waals surface area contributed by atoms with Crippen LogP contribution in [0.4, 0.5) is 0 Å². The number of hydrogen-bond acceptors (Lipinski definition) is 6. The molecule has 3 unspecified atom stereocenters. The second-order valence-electron chi connectivity index (χ2n) is 11.3. The fourth-order valence-corrected chi connectivity index (χ4v) is 7.76. The minimum absolute atomic E-state index is 0.225. The van der Waals surface area contributed by atoms with E-state index in [2.05, 4.69) is 36.0 Å². The number of hydrogen-bond donors (Lipinski definition) is 1. The zero-order valence-corrected chi connectivity index (χ0v) is 25.5. The largest absolute Gasteiger partial charge is 0.465 e. The van der Waals surface area contributed by atoms with Crippen LogP contribution in [-0.2, 0) is 23.9 Å². The Bertz CT molecular complexity index is 1100. The van der Waals surface area contributed by atoms with Gasteiger partial charge in [0.25, 0.3) is 0 Å². The minimum atomic E-state index is -1.22. The van der Waals surface area contributed by atoms with Crippen LogP contribution in [0.1, 0.15) is 63.5 Å². The van der Waals surface area contributed by atoms with E-state index >= 15 is 0 Å². The van der Waals surface area contributed by atoms with Gasteiger partial charge in [-0.15, -0.1) is 13.2 Å². The van der Waals surface area contributed by atoms with Gasteiger partial charge in [-0.1, -0.05) is 78.2 Å². The summed E-state index contributed by atoms with van der Waals surface area (Å²) in [6, 6.07) is 7.44. The molecule has 2 bridgehead atoms. The monoisotopic (exact) mass is 630 g/mol. The van der Waals surface area contributed by atoms with E-state index < -0.39 is 41.6 Å². The number of alkyl halides is 1. The highest BCUT2D eigenvalue weighted by molar-refractivity contribution is 9.09. The number of halogens is 1. The fraction of sp³-hybridized carbons (Fsp3) is 0.594. The Morgan fingerprint density at radius 2 is 1.98 bits per heavy atom. The van der Waals surface area contributed by atoms with Crippen LogP contribution < -0.4 is 0 Å². The number of amides is 2. The van der Waals surface area contributed by atoms with Crippen molar-refractivity contribution in [2.24, 2.45) is 11.8 Å². The van der Waals surface area contributed by atoms with E-state index in [1.165, 1.54) is 4.90 Å². The molecule has 8 nitrogen and oxygen atoms in total. The molecule has 3 aliphatic rings. The van der Waals surface area contributed by atoms with Crippen LogP contribution in [0.15, 0.2) is 55.6 Å². The van der Waals surface area contributed by atoms with Gasteiger partial charge >= 0.3 is 5.97 Å². The van der Waals surface area contributed by atoms with Crippen LogP contribution in [0.25, 0.3) is 0 Å². The van der Waals surface area contributed by atoms with Crippen molar-refractivity contribution in [3.05, 3.63) is 61.2 Å². The predicted molar refractivity (Wildman–Crippen MR) is 160 cm³/mol. The number of aliphatic hydroxyl groups is 1. The molecule has 2 amide bonds. The SMILES string of the molecule is C=CCCCCOC(=O)[C@H]1[C@@H]2OC3(CC2Br)C(C(=O)N(CC=C)CCCCC)N([C@H](CO)c2ccccc2)C(=O)[C@H]13. The summed E-state index contributed by atoms with van der Waals surface area (Å²) in [4.78, 5) is 45.5. The number of nitrogens with zero attached hydrogens (tertiary/aromatic N) is 2. The molecule has 1 aromatic rings. The number of benzene rings is 1. The van der Waals surface area contributed by atoms with Gasteiger partial charge in [-0.05, 0) is 37.7 Å². The second kappa shape index (κ2) is 14.1. The van der Waals surface area contributed by atoms with E-state index in [1.54, 1.807) is 11.0 Å². The highest BCUT2D eigenvalue weighted by atomic mass is 79.9. The highest BCUT2D eigenvalue weighted by Gasteiger charge is 2.77. The van der Waals surface area contributed by atoms with E-state index in [-0.39, 0.29) is 29.9 Å². The summed E-state index contributed by atoms with van der Waals surface area (Å²) in [6.07, 6.45) is 8.50. The number of unbranched alkanes of at least 4 members (excludes halogenated alkanes) is 4. The number of aliphatic hydroxyl groups excluding tert-OH is 1. The van der Waals surface area contributed by atoms with E-state index in [1.807, 2.05) is 36.4 Å². The molecule has 3 aliphatic heterocycles. The molecule has 0 saturated carbocycles. The Morgan fingerprint density at radius 3 is 2.63 bits per heavy atom. The minimum Gasteiger partial charge on any atom is -0.465 e. The third-order valence-electron chi connectivity index (χ3n) is 8.67. The van der Waals surface area contributed by atoms with Gasteiger partial charge in [0, 0.05) is 17.9 Å². The van der Waals surface area contributed by atoms with E-state index in [4.69, 9.17) is 9.47 Å². The van der Waals surface area contributed by atoms with Crippen LogP contribution in [0.2, 0.25) is 0 Å². The first-order valence-electron chi connectivity index (χ1n) is 14.8. The number of carbonyl (C=O) groups is 3. The lowest BCUT2D eigenvalue weighted by atomic mass is 9.70. The maximum atomic E-state index is 14.5. The normalized spacial score (nSPS) is 28.8. The number of likely N-dealkylation sites (tertiary alicyclic amines) is 1. The molecule has 224 valence electrons. The maximum absolute atomic E-state index is 14.5. The molecule has 1 aromatic carbocycles. The number of fused-ring (bicyclic) bond motifs is 1. The summed E-state index contributed by atoms with van der Waals surface area (Å²) in [6.45, 7) is 10.4. The molecule has 3 heterocycles. The molecular formula is C32H43BrN2O6. The maximum Gasteiger partial charge on any atom is 0.312 e. The number of ether oxygens (including phenoxy) is 2. The Hall–Kier alpha value is -2.49. The van der Waals surface area contributed by atoms with Crippen molar-refractivity contribution in [2.75, 3.05) is 26.3 Å². The summed E-state index contributed by atoms with van der Waals surface area (Å²) in [5, 5.41) is 10.6. The Kier molecular flexibility index (Phi) is 10.8. The first-order valence-corrected chi connectivity index (χ1v) is 15.7. The molecule has 7 atom stereocenters. The Labute approximate surface area is 251 Å². The molecule has 3 saturated heterocycles. The van der Waals surface area contributed by atoms with Crippen molar-refractivity contribution in [3.8, 4) is 0 Å². The van der Waals surface area contributed by atoms with Crippen molar-refractivity contribution in [2.45, 2.75) is 80.5 Å². The lowest BCUT2D eigenvalue weighted by molar-refractivity contribution is -0.156. The molecule has 9 heteroatoms. The van der Waals surface area contributed by atoms with Gasteiger partial charge in [-0.3, -0.25) is 14.4 Å². The zero-order valence-electron chi connectivity index (χ0n) is 24.0. The van der Waals surface area contributed by atoms with E-state index in [0.717, 1.165) is 32.1 Å². The zero-order chi connectivity index (χ0) is 29.6.